The average molecular weight is 459 g/mol. The van der Waals surface area contributed by atoms with Gasteiger partial charge in [-0.25, -0.2) is 0 Å². The number of hydrogen-bond acceptors (Lipinski definition) is 5. The van der Waals surface area contributed by atoms with Crippen molar-refractivity contribution in [3.05, 3.63) is 82.3 Å². The molecule has 4 rings (SSSR count). The number of para-hydroxylation sites is 1. The number of ether oxygens (including phenoxy) is 2. The second-order valence-electron chi connectivity index (χ2n) is 7.00. The molecule has 0 aliphatic carbocycles. The molecule has 1 aliphatic heterocycles. The predicted octanol–water partition coefficient (Wildman–Crippen LogP) is 3.49. The van der Waals surface area contributed by atoms with Crippen LogP contribution in [0.2, 0.25) is 0 Å². The number of carbonyl (C=O) groups excluding carboxylic acids is 2. The number of anilines is 2. The molecule has 0 bridgehead atoms. The number of carbonyl (C=O) groups is 2. The van der Waals surface area contributed by atoms with E-state index in [1.54, 1.807) is 30.3 Å². The van der Waals surface area contributed by atoms with Crippen LogP contribution in [-0.2, 0) is 17.5 Å². The minimum absolute atomic E-state index is 0.0799. The third kappa shape index (κ3) is 4.97. The van der Waals surface area contributed by atoms with Crippen LogP contribution in [0.4, 0.5) is 24.5 Å². The summed E-state index contributed by atoms with van der Waals surface area (Å²) in [6, 6.07) is 12.3. The van der Waals surface area contributed by atoms with Crippen molar-refractivity contribution >= 4 is 23.2 Å². The van der Waals surface area contributed by atoms with Crippen LogP contribution in [0, 0.1) is 0 Å². The standard InChI is InChI=1S/C22H16F3N3O5/c23-22(24,25)13-5-8-20(30)28(10-13)11-19(29)27-16-4-2-1-3-15(16)21(31)26-14-6-7-17-18(9-14)33-12-32-17/h1-10H,11-12H2,(H,26,31)(H,27,29). The van der Waals surface area contributed by atoms with Gasteiger partial charge in [0.25, 0.3) is 11.5 Å². The van der Waals surface area contributed by atoms with E-state index in [0.29, 0.717) is 34.0 Å². The Hall–Kier alpha value is -4.28. The van der Waals surface area contributed by atoms with Crippen molar-refractivity contribution in [3.63, 3.8) is 0 Å². The van der Waals surface area contributed by atoms with E-state index in [0.717, 1.165) is 6.07 Å². The molecule has 11 heteroatoms. The SMILES string of the molecule is O=C(Cn1cc(C(F)(F)F)ccc1=O)Nc1ccccc1C(=O)Nc1ccc2c(c1)OCO2. The van der Waals surface area contributed by atoms with Crippen LogP contribution < -0.4 is 25.7 Å². The summed E-state index contributed by atoms with van der Waals surface area (Å²) in [5.74, 6) is -0.299. The summed E-state index contributed by atoms with van der Waals surface area (Å²) >= 11 is 0. The lowest BCUT2D eigenvalue weighted by Gasteiger charge is -2.13. The summed E-state index contributed by atoms with van der Waals surface area (Å²) < 4.78 is 49.8. The van der Waals surface area contributed by atoms with E-state index in [4.69, 9.17) is 9.47 Å². The van der Waals surface area contributed by atoms with Crippen molar-refractivity contribution in [2.24, 2.45) is 0 Å². The number of benzene rings is 2. The fourth-order valence-corrected chi connectivity index (χ4v) is 3.13. The van der Waals surface area contributed by atoms with Crippen LogP contribution in [-0.4, -0.2) is 23.2 Å². The highest BCUT2D eigenvalue weighted by Crippen LogP contribution is 2.34. The number of pyridine rings is 1. The molecule has 170 valence electrons. The Kier molecular flexibility index (Phi) is 5.78. The summed E-state index contributed by atoms with van der Waals surface area (Å²) in [4.78, 5) is 37.1. The maximum atomic E-state index is 12.9. The van der Waals surface area contributed by atoms with Crippen LogP contribution >= 0.6 is 0 Å². The third-order valence-corrected chi connectivity index (χ3v) is 4.70. The normalized spacial score (nSPS) is 12.3. The van der Waals surface area contributed by atoms with Gasteiger partial charge in [0.1, 0.15) is 6.54 Å². The lowest BCUT2D eigenvalue weighted by molar-refractivity contribution is -0.138. The van der Waals surface area contributed by atoms with Gasteiger partial charge in [-0.15, -0.1) is 0 Å². The fourth-order valence-electron chi connectivity index (χ4n) is 3.13. The molecule has 2 heterocycles. The largest absolute Gasteiger partial charge is 0.454 e. The van der Waals surface area contributed by atoms with Crippen LogP contribution in [0.25, 0.3) is 0 Å². The zero-order chi connectivity index (χ0) is 23.6. The second kappa shape index (κ2) is 8.69. The van der Waals surface area contributed by atoms with Crippen LogP contribution in [0.3, 0.4) is 0 Å². The molecule has 1 aromatic heterocycles. The van der Waals surface area contributed by atoms with Crippen LogP contribution in [0.5, 0.6) is 11.5 Å². The van der Waals surface area contributed by atoms with Crippen molar-refractivity contribution in [2.75, 3.05) is 17.4 Å². The van der Waals surface area contributed by atoms with Crippen molar-refractivity contribution in [1.82, 2.24) is 4.57 Å². The topological polar surface area (TPSA) is 98.7 Å². The lowest BCUT2D eigenvalue weighted by atomic mass is 10.1. The van der Waals surface area contributed by atoms with E-state index in [-0.39, 0.29) is 18.0 Å². The van der Waals surface area contributed by atoms with E-state index in [1.165, 1.54) is 12.1 Å². The molecular weight excluding hydrogens is 443 g/mol. The van der Waals surface area contributed by atoms with Crippen molar-refractivity contribution in [1.29, 1.82) is 0 Å². The van der Waals surface area contributed by atoms with Crippen molar-refractivity contribution in [3.8, 4) is 11.5 Å². The van der Waals surface area contributed by atoms with Gasteiger partial charge < -0.3 is 24.7 Å². The highest BCUT2D eigenvalue weighted by atomic mass is 19.4. The van der Waals surface area contributed by atoms with Crippen molar-refractivity contribution < 1.29 is 32.2 Å². The van der Waals surface area contributed by atoms with Gasteiger partial charge in [-0.1, -0.05) is 12.1 Å². The fraction of sp³-hybridized carbons (Fsp3) is 0.136. The molecule has 0 unspecified atom stereocenters. The average Bonchev–Trinajstić information content (AvgIpc) is 3.22. The molecule has 33 heavy (non-hydrogen) atoms. The Bertz CT molecular complexity index is 1290. The van der Waals surface area contributed by atoms with Gasteiger partial charge in [-0.3, -0.25) is 14.4 Å². The van der Waals surface area contributed by atoms with Gasteiger partial charge in [-0.05, 0) is 30.3 Å². The first-order valence-electron chi connectivity index (χ1n) is 9.58. The number of alkyl halides is 3. The molecule has 0 spiro atoms. The highest BCUT2D eigenvalue weighted by molar-refractivity contribution is 6.10. The first-order valence-corrected chi connectivity index (χ1v) is 9.58. The first-order chi connectivity index (χ1) is 15.7. The van der Waals surface area contributed by atoms with Crippen molar-refractivity contribution in [2.45, 2.75) is 12.7 Å². The molecule has 0 saturated carbocycles. The van der Waals surface area contributed by atoms with Crippen LogP contribution in [0.1, 0.15) is 15.9 Å². The number of hydrogen-bond donors (Lipinski definition) is 2. The summed E-state index contributed by atoms with van der Waals surface area (Å²) in [7, 11) is 0. The number of fused-ring (bicyclic) bond motifs is 1. The smallest absolute Gasteiger partial charge is 0.417 e. The molecule has 8 nitrogen and oxygen atoms in total. The summed E-state index contributed by atoms with van der Waals surface area (Å²) in [5.41, 5.74) is -1.16. The molecule has 1 aliphatic rings. The maximum absolute atomic E-state index is 12.9. The lowest BCUT2D eigenvalue weighted by Crippen LogP contribution is -2.28. The molecule has 0 radical (unpaired) electrons. The number of aromatic nitrogens is 1. The second-order valence-corrected chi connectivity index (χ2v) is 7.00. The molecule has 2 amide bonds. The van der Waals surface area contributed by atoms with E-state index < -0.39 is 35.7 Å². The van der Waals surface area contributed by atoms with Gasteiger partial charge in [0.2, 0.25) is 12.7 Å². The Balaban J connectivity index is 1.49. The van der Waals surface area contributed by atoms with Gasteiger partial charge in [-0.2, -0.15) is 13.2 Å². The highest BCUT2D eigenvalue weighted by Gasteiger charge is 2.31. The first kappa shape index (κ1) is 21.9. The molecule has 2 N–H and O–H groups in total. The maximum Gasteiger partial charge on any atom is 0.417 e. The minimum Gasteiger partial charge on any atom is -0.454 e. The van der Waals surface area contributed by atoms with E-state index >= 15 is 0 Å². The quantitative estimate of drug-likeness (QED) is 0.609. The molecule has 0 atom stereocenters. The summed E-state index contributed by atoms with van der Waals surface area (Å²) in [6.45, 7) is -0.586. The zero-order valence-electron chi connectivity index (χ0n) is 16.8. The molecular formula is C22H16F3N3O5. The Morgan fingerprint density at radius 2 is 1.73 bits per heavy atom. The molecule has 2 aromatic carbocycles. The Labute approximate surface area is 184 Å². The summed E-state index contributed by atoms with van der Waals surface area (Å²) in [5, 5.41) is 5.15. The van der Waals surface area contributed by atoms with E-state index in [1.807, 2.05) is 0 Å². The number of nitrogens with zero attached hydrogens (tertiary/aromatic N) is 1. The zero-order valence-corrected chi connectivity index (χ0v) is 16.8. The number of rotatable bonds is 5. The van der Waals surface area contributed by atoms with Gasteiger partial charge >= 0.3 is 6.18 Å². The predicted molar refractivity (Wildman–Crippen MR) is 111 cm³/mol. The number of amides is 2. The van der Waals surface area contributed by atoms with E-state index in [9.17, 15) is 27.6 Å². The Morgan fingerprint density at radius 1 is 0.970 bits per heavy atom. The monoisotopic (exact) mass is 459 g/mol. The third-order valence-electron chi connectivity index (χ3n) is 4.70. The van der Waals surface area contributed by atoms with Crippen LogP contribution in [0.15, 0.2) is 65.6 Å². The minimum atomic E-state index is -4.66. The van der Waals surface area contributed by atoms with Gasteiger partial charge in [0, 0.05) is 24.0 Å². The molecule has 3 aromatic rings. The summed E-state index contributed by atoms with van der Waals surface area (Å²) in [6.07, 6.45) is -4.09. The Morgan fingerprint density at radius 3 is 2.52 bits per heavy atom. The van der Waals surface area contributed by atoms with Gasteiger partial charge in [0.15, 0.2) is 11.5 Å². The van der Waals surface area contributed by atoms with E-state index in [2.05, 4.69) is 10.6 Å². The number of nitrogens with one attached hydrogen (secondary N) is 2. The molecule has 0 fully saturated rings. The molecule has 0 saturated heterocycles. The number of halogens is 3. The van der Waals surface area contributed by atoms with Gasteiger partial charge in [0.05, 0.1) is 16.8 Å².